The summed E-state index contributed by atoms with van der Waals surface area (Å²) >= 11 is 0. The van der Waals surface area contributed by atoms with E-state index in [1.165, 1.54) is 11.1 Å². The lowest BCUT2D eigenvalue weighted by Crippen LogP contribution is -2.43. The number of allylic oxidation sites excluding steroid dienone is 1. The van der Waals surface area contributed by atoms with Crippen molar-refractivity contribution in [3.8, 4) is 5.69 Å². The number of nitrogens with zero attached hydrogens (tertiary/aromatic N) is 3. The Labute approximate surface area is 226 Å². The van der Waals surface area contributed by atoms with Gasteiger partial charge in [0.2, 0.25) is 5.91 Å². The number of anilines is 1. The summed E-state index contributed by atoms with van der Waals surface area (Å²) in [5, 5.41) is 4.78. The lowest BCUT2D eigenvalue weighted by atomic mass is 9.82. The minimum atomic E-state index is -0.470. The third-order valence-electron chi connectivity index (χ3n) is 7.31. The molecule has 6 nitrogen and oxygen atoms in total. The Morgan fingerprint density at radius 3 is 2.32 bits per heavy atom. The molecular formula is C32H39N3O3. The van der Waals surface area contributed by atoms with Gasteiger partial charge in [-0.2, -0.15) is 0 Å². The summed E-state index contributed by atoms with van der Waals surface area (Å²) in [5.74, 6) is 0.538. The highest BCUT2D eigenvalue weighted by atomic mass is 16.5. The number of hydrogen-bond donors (Lipinski definition) is 0. The van der Waals surface area contributed by atoms with Crippen LogP contribution in [0.5, 0.6) is 0 Å². The first-order valence-corrected chi connectivity index (χ1v) is 13.7. The van der Waals surface area contributed by atoms with E-state index >= 15 is 0 Å². The van der Waals surface area contributed by atoms with Gasteiger partial charge in [0.05, 0.1) is 12.3 Å². The number of ether oxygens (including phenoxy) is 1. The third kappa shape index (κ3) is 6.24. The average Bonchev–Trinajstić information content (AvgIpc) is 3.35. The van der Waals surface area contributed by atoms with Crippen molar-refractivity contribution in [2.45, 2.75) is 66.3 Å². The average molecular weight is 514 g/mol. The fourth-order valence-electron chi connectivity index (χ4n) is 5.09. The van der Waals surface area contributed by atoms with Crippen LogP contribution in [0.2, 0.25) is 0 Å². The van der Waals surface area contributed by atoms with Gasteiger partial charge >= 0.3 is 5.97 Å². The van der Waals surface area contributed by atoms with Crippen molar-refractivity contribution < 1.29 is 14.3 Å². The predicted molar refractivity (Wildman–Crippen MR) is 153 cm³/mol. The fourth-order valence-corrected chi connectivity index (χ4v) is 5.09. The zero-order chi connectivity index (χ0) is 27.2. The van der Waals surface area contributed by atoms with Gasteiger partial charge in [-0.1, -0.05) is 55.5 Å². The summed E-state index contributed by atoms with van der Waals surface area (Å²) in [6.45, 7) is 10.3. The molecule has 1 aliphatic rings. The molecule has 0 bridgehead atoms. The smallest absolute Gasteiger partial charge is 0.343 e. The van der Waals surface area contributed by atoms with Crippen LogP contribution in [0.3, 0.4) is 0 Å². The molecule has 3 aromatic rings. The Balaban J connectivity index is 1.66. The Hall–Kier alpha value is -3.67. The number of aromatic nitrogens is 2. The molecule has 0 atom stereocenters. The van der Waals surface area contributed by atoms with E-state index in [4.69, 9.17) is 9.84 Å². The topological polar surface area (TPSA) is 64.4 Å². The number of esters is 1. The number of amides is 1. The lowest BCUT2D eigenvalue weighted by molar-refractivity contribution is -0.124. The summed E-state index contributed by atoms with van der Waals surface area (Å²) < 4.78 is 7.03. The second kappa shape index (κ2) is 12.2. The van der Waals surface area contributed by atoms with Gasteiger partial charge in [-0.25, -0.2) is 9.48 Å². The number of benzene rings is 2. The highest BCUT2D eigenvalue weighted by Gasteiger charge is 2.34. The van der Waals surface area contributed by atoms with Crippen molar-refractivity contribution in [1.82, 2.24) is 9.78 Å². The van der Waals surface area contributed by atoms with Crippen molar-refractivity contribution in [2.75, 3.05) is 11.5 Å². The minimum Gasteiger partial charge on any atom is -0.462 e. The Bertz CT molecular complexity index is 1270. The normalized spacial score (nSPS) is 17.9. The van der Waals surface area contributed by atoms with E-state index in [1.54, 1.807) is 22.7 Å². The molecule has 0 N–H and O–H groups in total. The Kier molecular flexibility index (Phi) is 8.82. The fraction of sp³-hybridized carbons (Fsp3) is 0.406. The van der Waals surface area contributed by atoms with Gasteiger partial charge in [0.1, 0.15) is 5.56 Å². The van der Waals surface area contributed by atoms with Crippen LogP contribution in [0.1, 0.15) is 81.8 Å². The zero-order valence-electron chi connectivity index (χ0n) is 23.2. The van der Waals surface area contributed by atoms with E-state index in [0.717, 1.165) is 36.9 Å². The predicted octanol–water partition coefficient (Wildman–Crippen LogP) is 7.18. The van der Waals surface area contributed by atoms with Gasteiger partial charge in [0.25, 0.3) is 0 Å². The molecule has 6 heteroatoms. The molecule has 1 aliphatic carbocycles. The maximum atomic E-state index is 13.7. The molecule has 1 aromatic heterocycles. The lowest BCUT2D eigenvalue weighted by Gasteiger charge is -2.32. The van der Waals surface area contributed by atoms with Gasteiger partial charge < -0.3 is 4.74 Å². The van der Waals surface area contributed by atoms with Gasteiger partial charge in [-0.05, 0) is 88.1 Å². The van der Waals surface area contributed by atoms with E-state index < -0.39 is 5.97 Å². The van der Waals surface area contributed by atoms with Gasteiger partial charge in [-0.3, -0.25) is 9.69 Å². The summed E-state index contributed by atoms with van der Waals surface area (Å²) in [6, 6.07) is 18.1. The molecule has 38 heavy (non-hydrogen) atoms. The molecule has 0 spiro atoms. The molecule has 2 aromatic carbocycles. The van der Waals surface area contributed by atoms with E-state index in [0.29, 0.717) is 17.3 Å². The molecular weight excluding hydrogens is 474 g/mol. The van der Waals surface area contributed by atoms with Crippen LogP contribution in [-0.4, -0.2) is 34.3 Å². The Morgan fingerprint density at radius 1 is 1.05 bits per heavy atom. The summed E-state index contributed by atoms with van der Waals surface area (Å²) in [5.41, 5.74) is 4.53. The molecule has 4 rings (SSSR count). The SMILES string of the molecule is CCOC(=O)c1cn(-c2ccc(/C=C(\C)c3ccccc3)cc2)nc1N(C(=O)C1CCC(C)CC1)C(C)C. The quantitative estimate of drug-likeness (QED) is 0.236. The molecule has 0 radical (unpaired) electrons. The summed E-state index contributed by atoms with van der Waals surface area (Å²) in [6.07, 6.45) is 7.66. The first-order chi connectivity index (χ1) is 18.3. The molecule has 200 valence electrons. The highest BCUT2D eigenvalue weighted by molar-refractivity contribution is 6.02. The van der Waals surface area contributed by atoms with Crippen molar-refractivity contribution in [3.63, 3.8) is 0 Å². The van der Waals surface area contributed by atoms with Crippen molar-refractivity contribution >= 4 is 29.3 Å². The number of rotatable bonds is 8. The van der Waals surface area contributed by atoms with Crippen molar-refractivity contribution in [2.24, 2.45) is 11.8 Å². The number of carbonyl (C=O) groups excluding carboxylic acids is 2. The van der Waals surface area contributed by atoms with E-state index in [1.807, 2.05) is 56.3 Å². The van der Waals surface area contributed by atoms with Crippen LogP contribution in [-0.2, 0) is 9.53 Å². The maximum absolute atomic E-state index is 13.7. The Morgan fingerprint density at radius 2 is 1.71 bits per heavy atom. The van der Waals surface area contributed by atoms with Crippen LogP contribution < -0.4 is 4.90 Å². The second-order valence-corrected chi connectivity index (χ2v) is 10.6. The maximum Gasteiger partial charge on any atom is 0.343 e. The van der Waals surface area contributed by atoms with Crippen LogP contribution in [0.25, 0.3) is 17.3 Å². The minimum absolute atomic E-state index is 0.0413. The summed E-state index contributed by atoms with van der Waals surface area (Å²) in [7, 11) is 0. The molecule has 0 saturated heterocycles. The van der Waals surface area contributed by atoms with Crippen LogP contribution in [0.15, 0.2) is 60.8 Å². The second-order valence-electron chi connectivity index (χ2n) is 10.6. The molecule has 1 amide bonds. The first-order valence-electron chi connectivity index (χ1n) is 13.7. The molecule has 1 saturated carbocycles. The molecule has 0 aliphatic heterocycles. The molecule has 1 fully saturated rings. The van der Waals surface area contributed by atoms with E-state index in [2.05, 4.69) is 32.1 Å². The number of hydrogen-bond acceptors (Lipinski definition) is 4. The van der Waals surface area contributed by atoms with E-state index in [9.17, 15) is 9.59 Å². The molecule has 1 heterocycles. The van der Waals surface area contributed by atoms with Crippen molar-refractivity contribution in [1.29, 1.82) is 0 Å². The monoisotopic (exact) mass is 513 g/mol. The summed E-state index contributed by atoms with van der Waals surface area (Å²) in [4.78, 5) is 28.4. The largest absolute Gasteiger partial charge is 0.462 e. The van der Waals surface area contributed by atoms with E-state index in [-0.39, 0.29) is 24.5 Å². The van der Waals surface area contributed by atoms with Crippen LogP contribution in [0.4, 0.5) is 5.82 Å². The highest BCUT2D eigenvalue weighted by Crippen LogP contribution is 2.33. The van der Waals surface area contributed by atoms with Crippen LogP contribution in [0, 0.1) is 11.8 Å². The number of carbonyl (C=O) groups is 2. The zero-order valence-corrected chi connectivity index (χ0v) is 23.2. The van der Waals surface area contributed by atoms with Gasteiger partial charge in [0, 0.05) is 18.2 Å². The first kappa shape index (κ1) is 27.4. The van der Waals surface area contributed by atoms with Crippen LogP contribution >= 0.6 is 0 Å². The van der Waals surface area contributed by atoms with Gasteiger partial charge in [0.15, 0.2) is 5.82 Å². The standard InChI is InChI=1S/C32H39N3O3/c1-6-38-32(37)29-21-34(28-18-14-25(15-19-28)20-24(5)26-10-8-7-9-11-26)33-30(29)35(22(2)3)31(36)27-16-12-23(4)13-17-27/h7-11,14-15,18-23,27H,6,12-13,16-17H2,1-5H3/b24-20+. The van der Waals surface area contributed by atoms with Crippen molar-refractivity contribution in [3.05, 3.63) is 77.5 Å². The third-order valence-corrected chi connectivity index (χ3v) is 7.31. The molecule has 0 unspecified atom stereocenters. The van der Waals surface area contributed by atoms with Gasteiger partial charge in [-0.15, -0.1) is 5.10 Å².